The number of nitrogens with zero attached hydrogens (tertiary/aromatic N) is 6. The first kappa shape index (κ1) is 22.7. The smallest absolute Gasteiger partial charge is 0.234 e. The number of benzene rings is 1. The predicted octanol–water partition coefficient (Wildman–Crippen LogP) is 2.80. The summed E-state index contributed by atoms with van der Waals surface area (Å²) in [6.45, 7) is 3.15. The fourth-order valence-electron chi connectivity index (χ4n) is 3.76. The summed E-state index contributed by atoms with van der Waals surface area (Å²) in [5.74, 6) is 1.61. The van der Waals surface area contributed by atoms with Gasteiger partial charge < -0.3 is 15.4 Å². The lowest BCUT2D eigenvalue weighted by Crippen LogP contribution is -2.36. The average Bonchev–Trinajstić information content (AvgIpc) is 3.29. The number of nitrogen functional groups attached to an aromatic ring is 1. The molecule has 0 amide bonds. The van der Waals surface area contributed by atoms with E-state index in [4.69, 9.17) is 20.4 Å². The third-order valence-electron chi connectivity index (χ3n) is 5.48. The van der Waals surface area contributed by atoms with Crippen molar-refractivity contribution in [1.29, 1.82) is 0 Å². The maximum Gasteiger partial charge on any atom is 0.234 e. The molecule has 1 aliphatic heterocycles. The summed E-state index contributed by atoms with van der Waals surface area (Å²) >= 11 is -0.390. The maximum atomic E-state index is 11.3. The molecule has 4 heterocycles. The zero-order valence-electron chi connectivity index (χ0n) is 18.4. The van der Waals surface area contributed by atoms with E-state index in [0.717, 1.165) is 45.1 Å². The zero-order valence-corrected chi connectivity index (χ0v) is 20.1. The fourth-order valence-corrected chi connectivity index (χ4v) is 5.13. The van der Waals surface area contributed by atoms with Crippen LogP contribution in [0.25, 0.3) is 32.0 Å². The molecular weight excluding hydrogens is 474 g/mol. The SMILES string of the molecule is CN(Cc1cccc(-c2cc3nc(-c4cnc(N)nc4)nc(N4CCOCC4)c3s2)c1)S(=O)O. The van der Waals surface area contributed by atoms with Crippen molar-refractivity contribution < 1.29 is 13.5 Å². The Balaban J connectivity index is 1.59. The van der Waals surface area contributed by atoms with Crippen LogP contribution in [0, 0.1) is 0 Å². The molecule has 0 spiro atoms. The molecule has 3 aromatic heterocycles. The molecule has 10 nitrogen and oxygen atoms in total. The van der Waals surface area contributed by atoms with Crippen LogP contribution in [-0.4, -0.2) is 66.4 Å². The van der Waals surface area contributed by atoms with Gasteiger partial charge in [-0.2, -0.15) is 4.31 Å². The molecule has 3 N–H and O–H groups in total. The van der Waals surface area contributed by atoms with Gasteiger partial charge in [0.05, 0.1) is 29.0 Å². The highest BCUT2D eigenvalue weighted by Gasteiger charge is 2.21. The van der Waals surface area contributed by atoms with Crippen molar-refractivity contribution in [1.82, 2.24) is 24.2 Å². The lowest BCUT2D eigenvalue weighted by atomic mass is 10.1. The largest absolute Gasteiger partial charge is 0.378 e. The van der Waals surface area contributed by atoms with E-state index in [1.54, 1.807) is 30.8 Å². The molecule has 1 aromatic carbocycles. The van der Waals surface area contributed by atoms with Crippen LogP contribution in [-0.2, 0) is 22.5 Å². The molecule has 0 aliphatic carbocycles. The summed E-state index contributed by atoms with van der Waals surface area (Å²) in [6.07, 6.45) is 3.26. The summed E-state index contributed by atoms with van der Waals surface area (Å²) in [5.41, 5.74) is 9.14. The Bertz CT molecular complexity index is 1340. The van der Waals surface area contributed by atoms with Gasteiger partial charge in [-0.1, -0.05) is 18.2 Å². The van der Waals surface area contributed by atoms with Gasteiger partial charge in [-0.05, 0) is 23.3 Å². The molecule has 1 atom stereocenters. The molecule has 1 fully saturated rings. The number of hydrogen-bond acceptors (Lipinski definition) is 9. The van der Waals surface area contributed by atoms with Crippen LogP contribution >= 0.6 is 11.3 Å². The third kappa shape index (κ3) is 4.76. The number of morpholine rings is 1. The van der Waals surface area contributed by atoms with Crippen LogP contribution in [0.2, 0.25) is 0 Å². The van der Waals surface area contributed by atoms with E-state index in [1.165, 1.54) is 4.31 Å². The first-order chi connectivity index (χ1) is 16.5. The highest BCUT2D eigenvalue weighted by atomic mass is 32.2. The highest BCUT2D eigenvalue weighted by molar-refractivity contribution is 7.76. The van der Waals surface area contributed by atoms with Gasteiger partial charge in [0.25, 0.3) is 0 Å². The molecule has 176 valence electrons. The summed E-state index contributed by atoms with van der Waals surface area (Å²) < 4.78 is 28.5. The van der Waals surface area contributed by atoms with E-state index in [1.807, 2.05) is 24.3 Å². The second kappa shape index (κ2) is 9.68. The number of anilines is 2. The molecule has 4 aromatic rings. The first-order valence-corrected chi connectivity index (χ1v) is 12.5. The van der Waals surface area contributed by atoms with Crippen LogP contribution in [0.15, 0.2) is 42.7 Å². The lowest BCUT2D eigenvalue weighted by molar-refractivity contribution is 0.122. The maximum absolute atomic E-state index is 11.3. The number of aromatic nitrogens is 4. The Morgan fingerprint density at radius 3 is 2.68 bits per heavy atom. The summed E-state index contributed by atoms with van der Waals surface area (Å²) in [6, 6.07) is 10.0. The van der Waals surface area contributed by atoms with Gasteiger partial charge in [-0.25, -0.2) is 24.1 Å². The monoisotopic (exact) mass is 497 g/mol. The van der Waals surface area contributed by atoms with Crippen LogP contribution in [0.5, 0.6) is 0 Å². The molecule has 0 radical (unpaired) electrons. The number of ether oxygens (including phenoxy) is 1. The Labute approximate surface area is 202 Å². The third-order valence-corrected chi connectivity index (χ3v) is 7.31. The normalized spacial score (nSPS) is 15.2. The Kier molecular flexibility index (Phi) is 6.48. The van der Waals surface area contributed by atoms with Gasteiger partial charge in [0.15, 0.2) is 11.6 Å². The van der Waals surface area contributed by atoms with Crippen LogP contribution < -0.4 is 10.6 Å². The van der Waals surface area contributed by atoms with Gasteiger partial charge in [0, 0.05) is 44.0 Å². The number of rotatable bonds is 6. The van der Waals surface area contributed by atoms with E-state index in [9.17, 15) is 8.76 Å². The van der Waals surface area contributed by atoms with Crippen molar-refractivity contribution in [2.45, 2.75) is 6.54 Å². The molecule has 34 heavy (non-hydrogen) atoms. The van der Waals surface area contributed by atoms with Crippen molar-refractivity contribution in [3.05, 3.63) is 48.3 Å². The Hall–Kier alpha value is -3.03. The van der Waals surface area contributed by atoms with Gasteiger partial charge >= 0.3 is 0 Å². The minimum Gasteiger partial charge on any atom is -0.378 e. The van der Waals surface area contributed by atoms with Gasteiger partial charge in [-0.15, -0.1) is 11.3 Å². The van der Waals surface area contributed by atoms with Crippen molar-refractivity contribution in [2.24, 2.45) is 0 Å². The molecule has 0 saturated carbocycles. The Morgan fingerprint density at radius 1 is 1.18 bits per heavy atom. The number of hydrogen-bond donors (Lipinski definition) is 2. The molecule has 1 aliphatic rings. The quantitative estimate of drug-likeness (QED) is 0.386. The topological polar surface area (TPSA) is 131 Å². The van der Waals surface area contributed by atoms with E-state index in [-0.39, 0.29) is 5.95 Å². The number of thiophene rings is 1. The second-order valence-corrected chi connectivity index (χ2v) is 9.98. The molecule has 12 heteroatoms. The van der Waals surface area contributed by atoms with E-state index < -0.39 is 11.3 Å². The van der Waals surface area contributed by atoms with Crippen molar-refractivity contribution in [3.63, 3.8) is 0 Å². The number of nitrogens with two attached hydrogens (primary N) is 1. The summed E-state index contributed by atoms with van der Waals surface area (Å²) in [4.78, 5) is 21.1. The molecule has 5 rings (SSSR count). The molecule has 0 bridgehead atoms. The average molecular weight is 498 g/mol. The minimum atomic E-state index is -2.02. The predicted molar refractivity (Wildman–Crippen MR) is 134 cm³/mol. The first-order valence-electron chi connectivity index (χ1n) is 10.6. The van der Waals surface area contributed by atoms with E-state index in [0.29, 0.717) is 31.1 Å². The summed E-state index contributed by atoms with van der Waals surface area (Å²) in [5, 5.41) is 0. The standard InChI is InChI=1S/C22H23N7O3S2/c1-28(34(30)31)13-14-3-2-4-15(9-14)18-10-17-19(33-18)21(29-5-7-32-8-6-29)27-20(26-17)16-11-24-22(23)25-12-16/h2-4,9-12H,5-8,13H2,1H3,(H,30,31)(H2,23,24,25). The van der Waals surface area contributed by atoms with E-state index in [2.05, 4.69) is 20.9 Å². The van der Waals surface area contributed by atoms with Crippen molar-refractivity contribution in [2.75, 3.05) is 44.0 Å². The molecule has 1 unspecified atom stereocenters. The van der Waals surface area contributed by atoms with Crippen LogP contribution in [0.3, 0.4) is 0 Å². The summed E-state index contributed by atoms with van der Waals surface area (Å²) in [7, 11) is 1.61. The molecular formula is C22H23N7O3S2. The van der Waals surface area contributed by atoms with Crippen LogP contribution in [0.4, 0.5) is 11.8 Å². The minimum absolute atomic E-state index is 0.201. The van der Waals surface area contributed by atoms with Gasteiger partial charge in [-0.3, -0.25) is 4.55 Å². The fraction of sp³-hybridized carbons (Fsp3) is 0.273. The lowest BCUT2D eigenvalue weighted by Gasteiger charge is -2.28. The number of fused-ring (bicyclic) bond motifs is 1. The van der Waals surface area contributed by atoms with Gasteiger partial charge in [0.1, 0.15) is 0 Å². The van der Waals surface area contributed by atoms with Crippen molar-refractivity contribution in [3.8, 4) is 21.8 Å². The second-order valence-electron chi connectivity index (χ2n) is 7.84. The molecule has 1 saturated heterocycles. The van der Waals surface area contributed by atoms with Crippen LogP contribution in [0.1, 0.15) is 5.56 Å². The zero-order chi connectivity index (χ0) is 23.7. The van der Waals surface area contributed by atoms with Gasteiger partial charge in [0.2, 0.25) is 17.2 Å². The van der Waals surface area contributed by atoms with E-state index >= 15 is 0 Å². The highest BCUT2D eigenvalue weighted by Crippen LogP contribution is 2.39. The Morgan fingerprint density at radius 2 is 1.94 bits per heavy atom. The van der Waals surface area contributed by atoms with Crippen molar-refractivity contribution >= 4 is 44.6 Å².